The van der Waals surface area contributed by atoms with Crippen LogP contribution in [0.3, 0.4) is 0 Å². The van der Waals surface area contributed by atoms with Crippen molar-refractivity contribution in [3.8, 4) is 11.5 Å². The van der Waals surface area contributed by atoms with Gasteiger partial charge in [0.25, 0.3) is 0 Å². The fraction of sp³-hybridized carbons (Fsp3) is 0.588. The first-order valence-electron chi connectivity index (χ1n) is 8.25. The molecule has 1 fully saturated rings. The first kappa shape index (κ1) is 15.9. The number of hydrogen-bond acceptors (Lipinski definition) is 4. The van der Waals surface area contributed by atoms with Gasteiger partial charge in [0.15, 0.2) is 11.5 Å². The molecule has 1 N–H and O–H groups in total. The van der Waals surface area contributed by atoms with E-state index in [1.54, 1.807) is 0 Å². The van der Waals surface area contributed by atoms with Crippen LogP contribution in [0.15, 0.2) is 18.2 Å². The highest BCUT2D eigenvalue weighted by molar-refractivity contribution is 5.74. The summed E-state index contributed by atoms with van der Waals surface area (Å²) in [6.45, 7) is 9.82. The van der Waals surface area contributed by atoms with Crippen molar-refractivity contribution in [1.82, 2.24) is 15.1 Å². The molecule has 6 heteroatoms. The second-order valence-electron chi connectivity index (χ2n) is 6.53. The Bertz CT molecular complexity index is 554. The minimum Gasteiger partial charge on any atom is -0.454 e. The number of amides is 2. The van der Waals surface area contributed by atoms with Gasteiger partial charge in [-0.3, -0.25) is 4.90 Å². The average Bonchev–Trinajstić information content (AvgIpc) is 3.00. The number of hydrogen-bond donors (Lipinski definition) is 1. The third-order valence-electron chi connectivity index (χ3n) is 4.16. The number of fused-ring (bicyclic) bond motifs is 1. The Morgan fingerprint density at radius 2 is 1.91 bits per heavy atom. The number of ether oxygens (including phenoxy) is 2. The Hall–Kier alpha value is -1.95. The van der Waals surface area contributed by atoms with Crippen LogP contribution in [0.1, 0.15) is 19.4 Å². The summed E-state index contributed by atoms with van der Waals surface area (Å²) in [7, 11) is 0. The summed E-state index contributed by atoms with van der Waals surface area (Å²) in [5.74, 6) is 2.18. The highest BCUT2D eigenvalue weighted by Crippen LogP contribution is 2.32. The van der Waals surface area contributed by atoms with Gasteiger partial charge < -0.3 is 19.7 Å². The molecule has 2 heterocycles. The van der Waals surface area contributed by atoms with Crippen molar-refractivity contribution in [2.45, 2.75) is 20.4 Å². The van der Waals surface area contributed by atoms with Crippen molar-refractivity contribution in [2.75, 3.05) is 39.5 Å². The van der Waals surface area contributed by atoms with Crippen molar-refractivity contribution in [3.05, 3.63) is 23.8 Å². The molecule has 0 aliphatic carbocycles. The molecule has 1 saturated heterocycles. The van der Waals surface area contributed by atoms with E-state index in [0.717, 1.165) is 49.8 Å². The van der Waals surface area contributed by atoms with E-state index in [1.807, 2.05) is 23.1 Å². The van der Waals surface area contributed by atoms with E-state index in [1.165, 1.54) is 0 Å². The molecular weight excluding hydrogens is 294 g/mol. The van der Waals surface area contributed by atoms with Gasteiger partial charge in [0.1, 0.15) is 0 Å². The van der Waals surface area contributed by atoms with Crippen LogP contribution in [-0.4, -0.2) is 55.3 Å². The van der Waals surface area contributed by atoms with Gasteiger partial charge >= 0.3 is 6.03 Å². The largest absolute Gasteiger partial charge is 0.454 e. The molecule has 0 atom stereocenters. The smallest absolute Gasteiger partial charge is 0.317 e. The van der Waals surface area contributed by atoms with E-state index in [9.17, 15) is 4.79 Å². The molecule has 1 aromatic carbocycles. The molecule has 3 rings (SSSR count). The first-order valence-corrected chi connectivity index (χ1v) is 8.25. The molecule has 2 aliphatic rings. The van der Waals surface area contributed by atoms with Crippen molar-refractivity contribution in [1.29, 1.82) is 0 Å². The molecule has 0 saturated carbocycles. The van der Waals surface area contributed by atoms with Gasteiger partial charge in [0.2, 0.25) is 6.79 Å². The van der Waals surface area contributed by atoms with Crippen molar-refractivity contribution in [3.63, 3.8) is 0 Å². The van der Waals surface area contributed by atoms with Crippen molar-refractivity contribution in [2.24, 2.45) is 5.92 Å². The summed E-state index contributed by atoms with van der Waals surface area (Å²) in [4.78, 5) is 16.6. The lowest BCUT2D eigenvalue weighted by Crippen LogP contribution is -2.52. The SMILES string of the molecule is CC(C)CN1CCN(C(=O)NCc2ccc3c(c2)OCO3)CC1. The molecule has 2 aliphatic heterocycles. The zero-order valence-electron chi connectivity index (χ0n) is 13.9. The van der Waals surface area contributed by atoms with E-state index >= 15 is 0 Å². The van der Waals surface area contributed by atoms with Gasteiger partial charge in [-0.15, -0.1) is 0 Å². The Morgan fingerprint density at radius 1 is 1.17 bits per heavy atom. The maximum atomic E-state index is 12.3. The van der Waals surface area contributed by atoms with Crippen molar-refractivity contribution < 1.29 is 14.3 Å². The van der Waals surface area contributed by atoms with Gasteiger partial charge in [0, 0.05) is 39.3 Å². The number of piperazine rings is 1. The van der Waals surface area contributed by atoms with Crippen LogP contribution in [-0.2, 0) is 6.54 Å². The predicted molar refractivity (Wildman–Crippen MR) is 87.7 cm³/mol. The van der Waals surface area contributed by atoms with Gasteiger partial charge in [0.05, 0.1) is 0 Å². The summed E-state index contributed by atoms with van der Waals surface area (Å²) in [5, 5.41) is 2.99. The quantitative estimate of drug-likeness (QED) is 0.921. The van der Waals surface area contributed by atoms with Gasteiger partial charge in [-0.05, 0) is 23.6 Å². The summed E-state index contributed by atoms with van der Waals surface area (Å²) >= 11 is 0. The second kappa shape index (κ2) is 7.08. The van der Waals surface area contributed by atoms with Gasteiger partial charge in [-0.25, -0.2) is 4.79 Å². The zero-order chi connectivity index (χ0) is 16.2. The Balaban J connectivity index is 1.45. The van der Waals surface area contributed by atoms with Crippen LogP contribution >= 0.6 is 0 Å². The lowest BCUT2D eigenvalue weighted by molar-refractivity contribution is 0.131. The molecule has 0 radical (unpaired) electrons. The van der Waals surface area contributed by atoms with Crippen LogP contribution in [0.4, 0.5) is 4.79 Å². The van der Waals surface area contributed by atoms with E-state index in [-0.39, 0.29) is 12.8 Å². The molecule has 0 spiro atoms. The maximum Gasteiger partial charge on any atom is 0.317 e. The molecule has 6 nitrogen and oxygen atoms in total. The molecule has 1 aromatic rings. The summed E-state index contributed by atoms with van der Waals surface area (Å²) in [6, 6.07) is 5.76. The summed E-state index contributed by atoms with van der Waals surface area (Å²) in [5.41, 5.74) is 1.01. The molecule has 0 unspecified atom stereocenters. The zero-order valence-corrected chi connectivity index (χ0v) is 13.9. The van der Waals surface area contributed by atoms with Gasteiger partial charge in [-0.1, -0.05) is 19.9 Å². The van der Waals surface area contributed by atoms with Crippen LogP contribution < -0.4 is 14.8 Å². The van der Waals surface area contributed by atoms with Crippen LogP contribution in [0.25, 0.3) is 0 Å². The highest BCUT2D eigenvalue weighted by Gasteiger charge is 2.21. The standard InChI is InChI=1S/C17H25N3O3/c1-13(2)11-19-5-7-20(8-6-19)17(21)18-10-14-3-4-15-16(9-14)23-12-22-15/h3-4,9,13H,5-8,10-12H2,1-2H3,(H,18,21). The lowest BCUT2D eigenvalue weighted by atomic mass is 10.2. The molecule has 0 bridgehead atoms. The van der Waals surface area contributed by atoms with Crippen LogP contribution in [0.5, 0.6) is 11.5 Å². The fourth-order valence-corrected chi connectivity index (χ4v) is 2.99. The third-order valence-corrected chi connectivity index (χ3v) is 4.16. The van der Waals surface area contributed by atoms with Crippen LogP contribution in [0.2, 0.25) is 0 Å². The minimum atomic E-state index is 0.00636. The molecule has 23 heavy (non-hydrogen) atoms. The number of carbonyl (C=O) groups excluding carboxylic acids is 1. The van der Waals surface area contributed by atoms with E-state index < -0.39 is 0 Å². The number of nitrogens with one attached hydrogen (secondary N) is 1. The fourth-order valence-electron chi connectivity index (χ4n) is 2.99. The monoisotopic (exact) mass is 319 g/mol. The number of benzene rings is 1. The van der Waals surface area contributed by atoms with E-state index in [4.69, 9.17) is 9.47 Å². The Labute approximate surface area is 137 Å². The van der Waals surface area contributed by atoms with E-state index in [2.05, 4.69) is 24.1 Å². The lowest BCUT2D eigenvalue weighted by Gasteiger charge is -2.35. The molecule has 0 aromatic heterocycles. The van der Waals surface area contributed by atoms with E-state index in [0.29, 0.717) is 12.5 Å². The number of urea groups is 1. The summed E-state index contributed by atoms with van der Waals surface area (Å²) < 4.78 is 10.6. The van der Waals surface area contributed by atoms with Crippen molar-refractivity contribution >= 4 is 6.03 Å². The minimum absolute atomic E-state index is 0.00636. The topological polar surface area (TPSA) is 54.0 Å². The summed E-state index contributed by atoms with van der Waals surface area (Å²) in [6.07, 6.45) is 0. The molecule has 126 valence electrons. The third kappa shape index (κ3) is 4.07. The highest BCUT2D eigenvalue weighted by atomic mass is 16.7. The number of rotatable bonds is 4. The molecular formula is C17H25N3O3. The first-order chi connectivity index (χ1) is 11.1. The normalized spacial score (nSPS) is 17.6. The number of nitrogens with zero attached hydrogens (tertiary/aromatic N) is 2. The molecule has 2 amide bonds. The average molecular weight is 319 g/mol. The predicted octanol–water partition coefficient (Wildman–Crippen LogP) is 1.90. The van der Waals surface area contributed by atoms with Gasteiger partial charge in [-0.2, -0.15) is 0 Å². The second-order valence-corrected chi connectivity index (χ2v) is 6.53. The van der Waals surface area contributed by atoms with Crippen LogP contribution in [0, 0.1) is 5.92 Å². The Kier molecular flexibility index (Phi) is 4.91. The Morgan fingerprint density at radius 3 is 2.65 bits per heavy atom. The maximum absolute atomic E-state index is 12.3. The number of carbonyl (C=O) groups is 1.